The number of carbonyl (C=O) groups excluding carboxylic acids is 1. The highest BCUT2D eigenvalue weighted by Crippen LogP contribution is 2.39. The lowest BCUT2D eigenvalue weighted by Gasteiger charge is -2.05. The minimum atomic E-state index is -0.475. The molecule has 18 heavy (non-hydrogen) atoms. The molecule has 3 rings (SSSR count). The zero-order valence-corrected chi connectivity index (χ0v) is 9.88. The Morgan fingerprint density at radius 2 is 2.11 bits per heavy atom. The first-order valence-corrected chi connectivity index (χ1v) is 5.77. The quantitative estimate of drug-likeness (QED) is 0.818. The molecule has 2 aromatic rings. The van der Waals surface area contributed by atoms with Crippen LogP contribution in [0.1, 0.15) is 34.8 Å². The molecule has 0 saturated heterocycles. The molecule has 1 aliphatic rings. The minimum Gasteiger partial charge on any atom is -0.506 e. The van der Waals surface area contributed by atoms with Gasteiger partial charge in [-0.3, -0.25) is 0 Å². The van der Waals surface area contributed by atoms with Gasteiger partial charge in [0.05, 0.1) is 18.4 Å². The largest absolute Gasteiger partial charge is 0.506 e. The number of benzene rings is 1. The van der Waals surface area contributed by atoms with Crippen LogP contribution in [0.3, 0.4) is 0 Å². The predicted molar refractivity (Wildman–Crippen MR) is 64.5 cm³/mol. The first kappa shape index (κ1) is 11.0. The SMILES string of the molecule is COC(=O)c1cc(O)c2nnc(C3CC3)cc2c1. The molecule has 1 aromatic carbocycles. The van der Waals surface area contributed by atoms with Crippen LogP contribution in [0.15, 0.2) is 18.2 Å². The predicted octanol–water partition coefficient (Wildman–Crippen LogP) is 2.00. The van der Waals surface area contributed by atoms with E-state index in [1.54, 1.807) is 6.07 Å². The van der Waals surface area contributed by atoms with Crippen LogP contribution in [0.5, 0.6) is 5.75 Å². The summed E-state index contributed by atoms with van der Waals surface area (Å²) in [5.74, 6) is -0.0504. The van der Waals surface area contributed by atoms with Gasteiger partial charge in [0.2, 0.25) is 0 Å². The molecule has 0 spiro atoms. The second-order valence-corrected chi connectivity index (χ2v) is 4.47. The van der Waals surface area contributed by atoms with Crippen molar-refractivity contribution < 1.29 is 14.6 Å². The van der Waals surface area contributed by atoms with Crippen LogP contribution in [0.2, 0.25) is 0 Å². The lowest BCUT2D eigenvalue weighted by atomic mass is 10.1. The number of nitrogens with zero attached hydrogens (tertiary/aromatic N) is 2. The van der Waals surface area contributed by atoms with Gasteiger partial charge in [-0.05, 0) is 31.0 Å². The molecular weight excluding hydrogens is 232 g/mol. The highest BCUT2D eigenvalue weighted by molar-refractivity contribution is 5.96. The second kappa shape index (κ2) is 3.94. The standard InChI is InChI=1S/C13H12N2O3/c1-18-13(17)9-4-8-5-10(7-2-3-7)14-15-12(8)11(16)6-9/h4-7,16H,2-3H2,1H3. The topological polar surface area (TPSA) is 72.3 Å². The maximum Gasteiger partial charge on any atom is 0.338 e. The zero-order chi connectivity index (χ0) is 12.7. The van der Waals surface area contributed by atoms with Crippen molar-refractivity contribution in [1.82, 2.24) is 10.2 Å². The van der Waals surface area contributed by atoms with Crippen LogP contribution in [0.25, 0.3) is 10.9 Å². The van der Waals surface area contributed by atoms with Crippen molar-refractivity contribution in [2.75, 3.05) is 7.11 Å². The number of aromatic hydroxyl groups is 1. The van der Waals surface area contributed by atoms with E-state index in [0.717, 1.165) is 18.5 Å². The molecular formula is C13H12N2O3. The Morgan fingerprint density at radius 3 is 2.78 bits per heavy atom. The fourth-order valence-corrected chi connectivity index (χ4v) is 1.97. The van der Waals surface area contributed by atoms with E-state index in [0.29, 0.717) is 22.4 Å². The number of ether oxygens (including phenoxy) is 1. The van der Waals surface area contributed by atoms with Crippen molar-refractivity contribution in [2.24, 2.45) is 0 Å². The Bertz CT molecular complexity index is 635. The van der Waals surface area contributed by atoms with Crippen LogP contribution in [-0.4, -0.2) is 28.4 Å². The lowest BCUT2D eigenvalue weighted by molar-refractivity contribution is 0.0600. The molecule has 1 aromatic heterocycles. The van der Waals surface area contributed by atoms with E-state index in [1.165, 1.54) is 13.2 Å². The van der Waals surface area contributed by atoms with Gasteiger partial charge < -0.3 is 9.84 Å². The normalized spacial score (nSPS) is 14.7. The van der Waals surface area contributed by atoms with Gasteiger partial charge in [0, 0.05) is 11.3 Å². The van der Waals surface area contributed by atoms with Crippen molar-refractivity contribution in [3.8, 4) is 5.75 Å². The van der Waals surface area contributed by atoms with E-state index in [1.807, 2.05) is 6.07 Å². The third-order valence-corrected chi connectivity index (χ3v) is 3.10. The summed E-state index contributed by atoms with van der Waals surface area (Å²) in [6.07, 6.45) is 2.26. The second-order valence-electron chi connectivity index (χ2n) is 4.47. The fraction of sp³-hybridized carbons (Fsp3) is 0.308. The molecule has 0 radical (unpaired) electrons. The average Bonchev–Trinajstić information content (AvgIpc) is 3.21. The minimum absolute atomic E-state index is 0.0530. The molecule has 1 aliphatic carbocycles. The van der Waals surface area contributed by atoms with Crippen LogP contribution in [0.4, 0.5) is 0 Å². The number of hydrogen-bond donors (Lipinski definition) is 1. The molecule has 0 unspecified atom stereocenters. The van der Waals surface area contributed by atoms with Gasteiger partial charge in [0.25, 0.3) is 0 Å². The molecule has 5 nitrogen and oxygen atoms in total. The van der Waals surface area contributed by atoms with E-state index in [4.69, 9.17) is 0 Å². The summed E-state index contributed by atoms with van der Waals surface area (Å²) in [6.45, 7) is 0. The Balaban J connectivity index is 2.16. The summed E-state index contributed by atoms with van der Waals surface area (Å²) in [7, 11) is 1.31. The molecule has 1 N–H and O–H groups in total. The maximum absolute atomic E-state index is 11.5. The van der Waals surface area contributed by atoms with E-state index in [2.05, 4.69) is 14.9 Å². The van der Waals surface area contributed by atoms with Gasteiger partial charge >= 0.3 is 5.97 Å². The van der Waals surface area contributed by atoms with E-state index < -0.39 is 5.97 Å². The van der Waals surface area contributed by atoms with Gasteiger partial charge in [0.15, 0.2) is 0 Å². The van der Waals surface area contributed by atoms with Crippen molar-refractivity contribution in [3.05, 3.63) is 29.5 Å². The molecule has 0 atom stereocenters. The molecule has 1 heterocycles. The number of hydrogen-bond acceptors (Lipinski definition) is 5. The average molecular weight is 244 g/mol. The summed E-state index contributed by atoms with van der Waals surface area (Å²) in [4.78, 5) is 11.5. The monoisotopic (exact) mass is 244 g/mol. The van der Waals surface area contributed by atoms with Gasteiger partial charge in [-0.1, -0.05) is 0 Å². The van der Waals surface area contributed by atoms with Gasteiger partial charge in [-0.15, -0.1) is 5.10 Å². The van der Waals surface area contributed by atoms with Crippen LogP contribution in [0, 0.1) is 0 Å². The van der Waals surface area contributed by atoms with Crippen LogP contribution < -0.4 is 0 Å². The fourth-order valence-electron chi connectivity index (χ4n) is 1.97. The maximum atomic E-state index is 11.5. The summed E-state index contributed by atoms with van der Waals surface area (Å²) in [5.41, 5.74) is 1.65. The van der Waals surface area contributed by atoms with Crippen LogP contribution in [-0.2, 0) is 4.74 Å². The van der Waals surface area contributed by atoms with Gasteiger partial charge in [0.1, 0.15) is 11.3 Å². The number of phenols is 1. The number of carbonyl (C=O) groups is 1. The van der Waals surface area contributed by atoms with E-state index in [-0.39, 0.29) is 5.75 Å². The van der Waals surface area contributed by atoms with Gasteiger partial charge in [-0.25, -0.2) is 4.79 Å². The first-order valence-electron chi connectivity index (χ1n) is 5.77. The molecule has 1 fully saturated rings. The summed E-state index contributed by atoms with van der Waals surface area (Å²) in [6, 6.07) is 4.90. The highest BCUT2D eigenvalue weighted by Gasteiger charge is 2.26. The Labute approximate surface area is 103 Å². The smallest absolute Gasteiger partial charge is 0.338 e. The molecule has 5 heteroatoms. The third-order valence-electron chi connectivity index (χ3n) is 3.10. The Hall–Kier alpha value is -2.17. The molecule has 1 saturated carbocycles. The first-order chi connectivity index (χ1) is 8.69. The van der Waals surface area contributed by atoms with Gasteiger partial charge in [-0.2, -0.15) is 5.10 Å². The number of phenolic OH excluding ortho intramolecular Hbond substituents is 1. The van der Waals surface area contributed by atoms with Crippen molar-refractivity contribution in [1.29, 1.82) is 0 Å². The molecule has 92 valence electrons. The molecule has 0 amide bonds. The number of methoxy groups -OCH3 is 1. The van der Waals surface area contributed by atoms with Crippen LogP contribution >= 0.6 is 0 Å². The van der Waals surface area contributed by atoms with Crippen molar-refractivity contribution >= 4 is 16.9 Å². The number of esters is 1. The van der Waals surface area contributed by atoms with E-state index in [9.17, 15) is 9.90 Å². The van der Waals surface area contributed by atoms with E-state index >= 15 is 0 Å². The molecule has 0 aliphatic heterocycles. The number of rotatable bonds is 2. The zero-order valence-electron chi connectivity index (χ0n) is 9.88. The highest BCUT2D eigenvalue weighted by atomic mass is 16.5. The Morgan fingerprint density at radius 1 is 1.33 bits per heavy atom. The lowest BCUT2D eigenvalue weighted by Crippen LogP contribution is -2.01. The third kappa shape index (κ3) is 1.77. The Kier molecular flexibility index (Phi) is 2.40. The van der Waals surface area contributed by atoms with Crippen molar-refractivity contribution in [2.45, 2.75) is 18.8 Å². The number of fused-ring (bicyclic) bond motifs is 1. The van der Waals surface area contributed by atoms with Crippen molar-refractivity contribution in [3.63, 3.8) is 0 Å². The summed E-state index contributed by atoms with van der Waals surface area (Å²) < 4.78 is 4.64. The summed E-state index contributed by atoms with van der Waals surface area (Å²) in [5, 5.41) is 18.7. The molecule has 0 bridgehead atoms. The summed E-state index contributed by atoms with van der Waals surface area (Å²) >= 11 is 0. The number of aromatic nitrogens is 2.